The highest BCUT2D eigenvalue weighted by Crippen LogP contribution is 2.37. The molecule has 1 amide bonds. The minimum atomic E-state index is -0.456. The Morgan fingerprint density at radius 3 is 2.60 bits per heavy atom. The molecule has 0 fully saturated rings. The van der Waals surface area contributed by atoms with E-state index in [2.05, 4.69) is 24.9 Å². The third-order valence-corrected chi connectivity index (χ3v) is 4.89. The lowest BCUT2D eigenvalue weighted by atomic mass is 9.86. The number of allylic oxidation sites excluding steroid dienone is 1. The molecule has 1 aromatic carbocycles. The summed E-state index contributed by atoms with van der Waals surface area (Å²) in [5.41, 5.74) is 7.31. The van der Waals surface area contributed by atoms with E-state index in [1.807, 2.05) is 25.7 Å². The third kappa shape index (κ3) is 3.83. The molecule has 25 heavy (non-hydrogen) atoms. The molecule has 4 nitrogen and oxygen atoms in total. The molecule has 0 bridgehead atoms. The molecule has 0 saturated heterocycles. The summed E-state index contributed by atoms with van der Waals surface area (Å²) in [5.74, 6) is 0. The second-order valence-electron chi connectivity index (χ2n) is 8.20. The van der Waals surface area contributed by atoms with Crippen molar-refractivity contribution in [2.75, 3.05) is 25.0 Å². The standard InChI is InChI=1S/C21H30N2O2/c1-14(2)18-17-9-12-23(20(24)25-21(3,4)5)11-8-15(17)13-16-7-6-10-22-19(16)18/h13,22H,1,6-12H2,2-5H3. The Hall–Kier alpha value is -1.97. The van der Waals surface area contributed by atoms with E-state index in [0.29, 0.717) is 13.1 Å². The normalized spacial score (nSPS) is 17.0. The fourth-order valence-corrected chi connectivity index (χ4v) is 3.84. The Morgan fingerprint density at radius 1 is 1.20 bits per heavy atom. The molecule has 1 N–H and O–H groups in total. The molecule has 2 aliphatic rings. The lowest BCUT2D eigenvalue weighted by molar-refractivity contribution is 0.0258. The number of hydrogen-bond donors (Lipinski definition) is 1. The van der Waals surface area contributed by atoms with E-state index < -0.39 is 5.60 Å². The summed E-state index contributed by atoms with van der Waals surface area (Å²) in [6.07, 6.45) is 3.81. The van der Waals surface area contributed by atoms with E-state index in [1.165, 1.54) is 34.4 Å². The molecule has 0 saturated carbocycles. The Bertz CT molecular complexity index is 701. The van der Waals surface area contributed by atoms with Gasteiger partial charge in [0.1, 0.15) is 5.60 Å². The quantitative estimate of drug-likeness (QED) is 0.822. The molecule has 0 aromatic heterocycles. The van der Waals surface area contributed by atoms with Crippen molar-refractivity contribution < 1.29 is 9.53 Å². The first-order valence-corrected chi connectivity index (χ1v) is 9.31. The van der Waals surface area contributed by atoms with Gasteiger partial charge in [-0.05, 0) is 75.6 Å². The Labute approximate surface area is 151 Å². The van der Waals surface area contributed by atoms with Gasteiger partial charge in [-0.15, -0.1) is 0 Å². The summed E-state index contributed by atoms with van der Waals surface area (Å²) in [5, 5.41) is 3.58. The predicted molar refractivity (Wildman–Crippen MR) is 103 cm³/mol. The van der Waals surface area contributed by atoms with Crippen LogP contribution in [-0.4, -0.2) is 36.2 Å². The Balaban J connectivity index is 1.90. The number of carbonyl (C=O) groups excluding carboxylic acids is 1. The zero-order valence-corrected chi connectivity index (χ0v) is 16.0. The SMILES string of the molecule is C=C(C)c1c2c(cc3c1NCCC3)CCN(C(=O)OC(C)(C)C)CC2. The third-order valence-electron chi connectivity index (χ3n) is 4.89. The minimum absolute atomic E-state index is 0.208. The number of hydrogen-bond acceptors (Lipinski definition) is 3. The maximum absolute atomic E-state index is 12.5. The summed E-state index contributed by atoms with van der Waals surface area (Å²) in [6, 6.07) is 2.35. The molecule has 136 valence electrons. The second kappa shape index (κ2) is 6.74. The maximum atomic E-state index is 12.5. The molecule has 0 radical (unpaired) electrons. The van der Waals surface area contributed by atoms with E-state index in [0.717, 1.165) is 31.4 Å². The van der Waals surface area contributed by atoms with Gasteiger partial charge in [-0.1, -0.05) is 12.6 Å². The molecular weight excluding hydrogens is 312 g/mol. The highest BCUT2D eigenvalue weighted by Gasteiger charge is 2.27. The number of ether oxygens (including phenoxy) is 1. The zero-order valence-electron chi connectivity index (χ0n) is 16.0. The number of amides is 1. The first-order chi connectivity index (χ1) is 11.8. The van der Waals surface area contributed by atoms with Crippen molar-refractivity contribution in [1.82, 2.24) is 4.90 Å². The smallest absolute Gasteiger partial charge is 0.410 e. The summed E-state index contributed by atoms with van der Waals surface area (Å²) in [4.78, 5) is 14.3. The van der Waals surface area contributed by atoms with E-state index in [9.17, 15) is 4.79 Å². The van der Waals surface area contributed by atoms with Crippen LogP contribution in [0.3, 0.4) is 0 Å². The summed E-state index contributed by atoms with van der Waals surface area (Å²) < 4.78 is 5.57. The second-order valence-corrected chi connectivity index (χ2v) is 8.20. The van der Waals surface area contributed by atoms with Gasteiger partial charge in [0, 0.05) is 30.9 Å². The van der Waals surface area contributed by atoms with Crippen LogP contribution < -0.4 is 5.32 Å². The highest BCUT2D eigenvalue weighted by atomic mass is 16.6. The largest absolute Gasteiger partial charge is 0.444 e. The maximum Gasteiger partial charge on any atom is 0.410 e. The van der Waals surface area contributed by atoms with Gasteiger partial charge in [0.2, 0.25) is 0 Å². The fourth-order valence-electron chi connectivity index (χ4n) is 3.84. The van der Waals surface area contributed by atoms with E-state index in [1.54, 1.807) is 0 Å². The van der Waals surface area contributed by atoms with Crippen molar-refractivity contribution >= 4 is 17.4 Å². The van der Waals surface area contributed by atoms with Crippen LogP contribution in [0.15, 0.2) is 12.6 Å². The van der Waals surface area contributed by atoms with E-state index >= 15 is 0 Å². The molecular formula is C21H30N2O2. The molecule has 2 aliphatic heterocycles. The lowest BCUT2D eigenvalue weighted by Crippen LogP contribution is -2.38. The topological polar surface area (TPSA) is 41.6 Å². The van der Waals surface area contributed by atoms with Crippen LogP contribution in [0.4, 0.5) is 10.5 Å². The van der Waals surface area contributed by atoms with Crippen LogP contribution >= 0.6 is 0 Å². The average molecular weight is 342 g/mol. The summed E-state index contributed by atoms with van der Waals surface area (Å²) in [7, 11) is 0. The van der Waals surface area contributed by atoms with Crippen LogP contribution in [0.2, 0.25) is 0 Å². The first kappa shape index (κ1) is 17.8. The lowest BCUT2D eigenvalue weighted by Gasteiger charge is -2.26. The molecule has 0 unspecified atom stereocenters. The number of benzene rings is 1. The predicted octanol–water partition coefficient (Wildman–Crippen LogP) is 4.41. The van der Waals surface area contributed by atoms with Crippen LogP contribution in [-0.2, 0) is 24.0 Å². The number of carbonyl (C=O) groups is 1. The molecule has 0 atom stereocenters. The van der Waals surface area contributed by atoms with E-state index in [-0.39, 0.29) is 6.09 Å². The van der Waals surface area contributed by atoms with Crippen molar-refractivity contribution in [2.24, 2.45) is 0 Å². The van der Waals surface area contributed by atoms with Crippen LogP contribution in [0, 0.1) is 0 Å². The average Bonchev–Trinajstić information content (AvgIpc) is 2.73. The van der Waals surface area contributed by atoms with E-state index in [4.69, 9.17) is 4.74 Å². The van der Waals surface area contributed by atoms with Gasteiger partial charge in [-0.25, -0.2) is 4.79 Å². The van der Waals surface area contributed by atoms with Crippen molar-refractivity contribution in [2.45, 2.75) is 59.0 Å². The van der Waals surface area contributed by atoms with Gasteiger partial charge in [-0.2, -0.15) is 0 Å². The Morgan fingerprint density at radius 2 is 1.92 bits per heavy atom. The van der Waals surface area contributed by atoms with Crippen molar-refractivity contribution in [3.05, 3.63) is 34.9 Å². The zero-order chi connectivity index (χ0) is 18.2. The molecule has 3 rings (SSSR count). The molecule has 0 spiro atoms. The monoisotopic (exact) mass is 342 g/mol. The Kier molecular flexibility index (Phi) is 4.81. The molecule has 4 heteroatoms. The minimum Gasteiger partial charge on any atom is -0.444 e. The van der Waals surface area contributed by atoms with Gasteiger partial charge in [0.25, 0.3) is 0 Å². The van der Waals surface area contributed by atoms with Crippen molar-refractivity contribution in [3.8, 4) is 0 Å². The van der Waals surface area contributed by atoms with Gasteiger partial charge in [0.15, 0.2) is 0 Å². The molecule has 0 aliphatic carbocycles. The summed E-state index contributed by atoms with van der Waals surface area (Å²) in [6.45, 7) is 14.5. The first-order valence-electron chi connectivity index (χ1n) is 9.31. The molecule has 1 aromatic rings. The van der Waals surface area contributed by atoms with Gasteiger partial charge < -0.3 is 15.0 Å². The number of nitrogens with one attached hydrogen (secondary N) is 1. The van der Waals surface area contributed by atoms with Crippen LogP contribution in [0.1, 0.15) is 56.4 Å². The van der Waals surface area contributed by atoms with Gasteiger partial charge in [0.05, 0.1) is 0 Å². The number of rotatable bonds is 1. The fraction of sp³-hybridized carbons (Fsp3) is 0.571. The van der Waals surface area contributed by atoms with Crippen molar-refractivity contribution in [3.63, 3.8) is 0 Å². The number of aryl methyl sites for hydroxylation is 1. The highest BCUT2D eigenvalue weighted by molar-refractivity contribution is 5.81. The number of fused-ring (bicyclic) bond motifs is 2. The number of anilines is 1. The summed E-state index contributed by atoms with van der Waals surface area (Å²) >= 11 is 0. The van der Waals surface area contributed by atoms with Gasteiger partial charge in [-0.3, -0.25) is 0 Å². The van der Waals surface area contributed by atoms with Gasteiger partial charge >= 0.3 is 6.09 Å². The van der Waals surface area contributed by atoms with Crippen molar-refractivity contribution in [1.29, 1.82) is 0 Å². The van der Waals surface area contributed by atoms with Crippen LogP contribution in [0.5, 0.6) is 0 Å². The number of nitrogens with zero attached hydrogens (tertiary/aromatic N) is 1. The molecule has 2 heterocycles. The van der Waals surface area contributed by atoms with Crippen LogP contribution in [0.25, 0.3) is 5.57 Å².